The van der Waals surface area contributed by atoms with Crippen LogP contribution in [-0.4, -0.2) is 34.1 Å². The van der Waals surface area contributed by atoms with E-state index in [9.17, 15) is 0 Å². The van der Waals surface area contributed by atoms with E-state index in [1.807, 2.05) is 150 Å². The summed E-state index contributed by atoms with van der Waals surface area (Å²) in [6.07, 6.45) is 1.75. The number of pyridine rings is 1. The molecule has 0 spiro atoms. The first kappa shape index (κ1) is 52.4. The Morgan fingerprint density at radius 2 is 0.884 bits per heavy atom. The fourth-order valence-electron chi connectivity index (χ4n) is 13.8. The van der Waals surface area contributed by atoms with Crippen molar-refractivity contribution >= 4 is 145 Å². The van der Waals surface area contributed by atoms with Gasteiger partial charge in [0.1, 0.15) is 27.6 Å². The lowest BCUT2D eigenvalue weighted by molar-refractivity contribution is 0.574. The molecule has 446 valence electrons. The summed E-state index contributed by atoms with van der Waals surface area (Å²) in [4.78, 5) is 28.8. The van der Waals surface area contributed by atoms with Crippen LogP contribution in [0.4, 0.5) is 34.5 Å². The Hall–Kier alpha value is -13.3. The third kappa shape index (κ3) is 8.41. The highest BCUT2D eigenvalue weighted by molar-refractivity contribution is 6.17. The van der Waals surface area contributed by atoms with Crippen LogP contribution in [0, 0.1) is 0 Å². The van der Waals surface area contributed by atoms with Gasteiger partial charge in [0.15, 0.2) is 22.3 Å². The van der Waals surface area contributed by atoms with Crippen molar-refractivity contribution in [2.24, 2.45) is 0 Å². The van der Waals surface area contributed by atoms with Crippen LogP contribution < -0.4 is 9.80 Å². The van der Waals surface area contributed by atoms with E-state index in [2.05, 4.69) is 152 Å². The fraction of sp³-hybridized carbons (Fsp3) is 0. The highest BCUT2D eigenvalue weighted by Crippen LogP contribution is 2.45. The van der Waals surface area contributed by atoms with Gasteiger partial charge in [-0.2, -0.15) is 9.97 Å². The number of aromatic nitrogens is 7. The molecule has 0 amide bonds. The Kier molecular flexibility index (Phi) is 11.4. The summed E-state index contributed by atoms with van der Waals surface area (Å²) in [6, 6.07) is 95.9. The van der Waals surface area contributed by atoms with Gasteiger partial charge in [-0.15, -0.1) is 0 Å². The number of benzene rings is 12. The van der Waals surface area contributed by atoms with Crippen LogP contribution in [0.5, 0.6) is 0 Å². The molecule has 20 aromatic rings. The molecular formula is C81H47N9O5. The number of para-hydroxylation sites is 5. The minimum atomic E-state index is 0.454. The van der Waals surface area contributed by atoms with Gasteiger partial charge in [-0.1, -0.05) is 109 Å². The molecule has 0 aliphatic carbocycles. The number of nitrogens with zero attached hydrogens (tertiary/aromatic N) is 9. The Bertz CT molecular complexity index is 6420. The van der Waals surface area contributed by atoms with Crippen molar-refractivity contribution in [3.05, 3.63) is 285 Å². The molecule has 12 aromatic carbocycles. The van der Waals surface area contributed by atoms with Crippen LogP contribution in [0.3, 0.4) is 0 Å². The minimum Gasteiger partial charge on any atom is -0.438 e. The van der Waals surface area contributed by atoms with Crippen LogP contribution >= 0.6 is 0 Å². The average Bonchev–Trinajstić information content (AvgIpc) is 1.58. The number of hydrogen-bond donors (Lipinski definition) is 0. The summed E-state index contributed by atoms with van der Waals surface area (Å²) in [5.74, 6) is 0.960. The minimum absolute atomic E-state index is 0.454. The van der Waals surface area contributed by atoms with Crippen molar-refractivity contribution in [3.63, 3.8) is 0 Å². The van der Waals surface area contributed by atoms with Gasteiger partial charge in [-0.05, 0) is 163 Å². The molecule has 0 aliphatic rings. The standard InChI is InChI=1S/C81H47N9O5/c1-4-16-51(17-5-1)87(54-32-35-59-60-25-15-41-82-79(60)91-72(59)45-54)55-33-37-63-74(46-55)93-78(84-63)50-29-36-65-73(44-50)95-81(85-65)90-68-27-13-11-23-61(68)76-57(24-14-28-70(76)90)48-30-39-69-62(42-48)58-22-10-12-26-67(58)89(69)56-34-38-64-75(47-56)92-77(83-64)49-31-40-71-66(43-49)86-80(94-71)88(52-18-6-2-7-19-52)53-20-8-3-9-21-53/h1-47H. The number of hydrogen-bond acceptors (Lipinski definition) is 12. The number of anilines is 6. The van der Waals surface area contributed by atoms with Gasteiger partial charge in [0.2, 0.25) is 17.5 Å². The molecule has 0 unspecified atom stereocenters. The lowest BCUT2D eigenvalue weighted by Crippen LogP contribution is -2.09. The van der Waals surface area contributed by atoms with E-state index in [1.165, 1.54) is 0 Å². The van der Waals surface area contributed by atoms with Crippen molar-refractivity contribution in [3.8, 4) is 45.7 Å². The Balaban J connectivity index is 0.624. The largest absolute Gasteiger partial charge is 0.438 e. The first-order valence-electron chi connectivity index (χ1n) is 31.3. The van der Waals surface area contributed by atoms with E-state index < -0.39 is 0 Å². The highest BCUT2D eigenvalue weighted by atomic mass is 16.4. The van der Waals surface area contributed by atoms with Crippen molar-refractivity contribution in [2.45, 2.75) is 0 Å². The van der Waals surface area contributed by atoms with E-state index in [1.54, 1.807) is 6.20 Å². The second-order valence-electron chi connectivity index (χ2n) is 23.7. The SMILES string of the molecule is c1ccc(N(c2ccc3nc(-c4ccc5nc(-n6c7ccccc7c7c(-c8ccc9c(c8)c8ccccc8n9-c8ccc9nc(-c%10ccc%11oc(N(c%12ccccc%12)c%12ccccc%12)nc%11c%10)oc9c8)cccc76)oc5c4)oc3c2)c2ccc3c(c2)oc2ncccc23)cc1. The fourth-order valence-corrected chi connectivity index (χ4v) is 13.8. The average molecular weight is 1230 g/mol. The Labute approximate surface area is 538 Å². The predicted molar refractivity (Wildman–Crippen MR) is 376 cm³/mol. The van der Waals surface area contributed by atoms with E-state index in [0.29, 0.717) is 62.9 Å². The van der Waals surface area contributed by atoms with Crippen molar-refractivity contribution in [2.75, 3.05) is 9.80 Å². The second kappa shape index (κ2) is 20.6. The van der Waals surface area contributed by atoms with Crippen molar-refractivity contribution in [1.29, 1.82) is 0 Å². The molecule has 14 nitrogen and oxygen atoms in total. The maximum atomic E-state index is 6.80. The zero-order valence-electron chi connectivity index (χ0n) is 50.2. The number of rotatable bonds is 11. The summed E-state index contributed by atoms with van der Waals surface area (Å²) in [5, 5.41) is 6.41. The Morgan fingerprint density at radius 1 is 0.295 bits per heavy atom. The zero-order chi connectivity index (χ0) is 62.2. The van der Waals surface area contributed by atoms with E-state index in [4.69, 9.17) is 42.0 Å². The van der Waals surface area contributed by atoms with Gasteiger partial charge in [0, 0.05) is 84.9 Å². The molecule has 8 aromatic heterocycles. The highest BCUT2D eigenvalue weighted by Gasteiger charge is 2.25. The molecule has 0 aliphatic heterocycles. The third-order valence-corrected chi connectivity index (χ3v) is 18.1. The molecule has 8 heterocycles. The first-order chi connectivity index (χ1) is 47.0. The third-order valence-electron chi connectivity index (χ3n) is 18.1. The first-order valence-corrected chi connectivity index (χ1v) is 31.3. The van der Waals surface area contributed by atoms with E-state index in [-0.39, 0.29) is 0 Å². The smallest absolute Gasteiger partial charge is 0.307 e. The molecular weight excluding hydrogens is 1180 g/mol. The summed E-state index contributed by atoms with van der Waals surface area (Å²) in [6.45, 7) is 0. The normalized spacial score (nSPS) is 12.0. The van der Waals surface area contributed by atoms with Crippen LogP contribution in [0.2, 0.25) is 0 Å². The molecule has 0 fully saturated rings. The molecule has 0 saturated carbocycles. The van der Waals surface area contributed by atoms with Gasteiger partial charge in [-0.3, -0.25) is 9.47 Å². The molecule has 0 bridgehead atoms. The van der Waals surface area contributed by atoms with Crippen molar-refractivity contribution < 1.29 is 22.1 Å². The predicted octanol–water partition coefficient (Wildman–Crippen LogP) is 21.7. The van der Waals surface area contributed by atoms with Crippen LogP contribution in [0.1, 0.15) is 0 Å². The molecule has 95 heavy (non-hydrogen) atoms. The van der Waals surface area contributed by atoms with Crippen LogP contribution in [0.15, 0.2) is 307 Å². The molecule has 0 radical (unpaired) electrons. The lowest BCUT2D eigenvalue weighted by atomic mass is 9.98. The maximum Gasteiger partial charge on any atom is 0.307 e. The summed E-state index contributed by atoms with van der Waals surface area (Å²) < 4.78 is 37.1. The van der Waals surface area contributed by atoms with Gasteiger partial charge in [-0.25, -0.2) is 15.0 Å². The Morgan fingerprint density at radius 3 is 1.66 bits per heavy atom. The number of oxazole rings is 4. The number of furan rings is 1. The second-order valence-corrected chi connectivity index (χ2v) is 23.7. The molecule has 14 heteroatoms. The van der Waals surface area contributed by atoms with E-state index >= 15 is 0 Å². The van der Waals surface area contributed by atoms with Crippen LogP contribution in [0.25, 0.3) is 156 Å². The van der Waals surface area contributed by atoms with Gasteiger partial charge in [0.25, 0.3) is 0 Å². The van der Waals surface area contributed by atoms with Gasteiger partial charge >= 0.3 is 12.0 Å². The lowest BCUT2D eigenvalue weighted by Gasteiger charge is -2.25. The quantitative estimate of drug-likeness (QED) is 0.121. The molecule has 0 N–H and O–H groups in total. The van der Waals surface area contributed by atoms with Gasteiger partial charge < -0.3 is 31.6 Å². The van der Waals surface area contributed by atoms with Crippen molar-refractivity contribution in [1.82, 2.24) is 34.1 Å². The molecule has 0 atom stereocenters. The number of fused-ring (bicyclic) bond motifs is 13. The summed E-state index contributed by atoms with van der Waals surface area (Å²) >= 11 is 0. The molecule has 0 saturated heterocycles. The van der Waals surface area contributed by atoms with Crippen LogP contribution in [-0.2, 0) is 0 Å². The monoisotopic (exact) mass is 1230 g/mol. The topological polar surface area (TPSA) is 146 Å². The molecule has 20 rings (SSSR count). The maximum absolute atomic E-state index is 6.80. The zero-order valence-corrected chi connectivity index (χ0v) is 50.2. The summed E-state index contributed by atoms with van der Waals surface area (Å²) in [5.41, 5.74) is 20.2. The van der Waals surface area contributed by atoms with E-state index in [0.717, 1.165) is 127 Å². The summed E-state index contributed by atoms with van der Waals surface area (Å²) in [7, 11) is 0. The van der Waals surface area contributed by atoms with Gasteiger partial charge in [0.05, 0.1) is 39.1 Å².